The normalized spacial score (nSPS) is 11.2. The molecule has 0 spiro atoms. The molecule has 4 aromatic carbocycles. The first-order valence-electron chi connectivity index (χ1n) is 19.6. The Morgan fingerprint density at radius 1 is 0.327 bits per heavy atom. The molecule has 0 amide bonds. The molecule has 0 aliphatic rings. The van der Waals surface area contributed by atoms with Crippen molar-refractivity contribution < 1.29 is 13.5 Å². The van der Waals surface area contributed by atoms with E-state index < -0.39 is 0 Å². The minimum Gasteiger partial charge on any atom is -0.496 e. The third kappa shape index (κ3) is 15.3. The number of rotatable bonds is 9. The molecule has 0 N–H and O–H groups in total. The Bertz CT molecular complexity index is 1500. The molecule has 0 atom stereocenters. The van der Waals surface area contributed by atoms with E-state index in [1.54, 1.807) is 19.2 Å². The maximum atomic E-state index is 13.5. The van der Waals surface area contributed by atoms with Crippen molar-refractivity contribution >= 4 is 0 Å². The van der Waals surface area contributed by atoms with Crippen molar-refractivity contribution in [2.24, 2.45) is 0 Å². The zero-order chi connectivity index (χ0) is 39.9. The third-order valence-electron chi connectivity index (χ3n) is 9.44. The summed E-state index contributed by atoms with van der Waals surface area (Å²) in [5, 5.41) is 0. The van der Waals surface area contributed by atoms with Crippen LogP contribution in [0.25, 0.3) is 0 Å². The van der Waals surface area contributed by atoms with Crippen LogP contribution < -0.4 is 4.74 Å². The predicted octanol–water partition coefficient (Wildman–Crippen LogP) is 16.0. The summed E-state index contributed by atoms with van der Waals surface area (Å²) in [6, 6.07) is 26.6. The Kier molecular flexibility index (Phi) is 20.2. The topological polar surface area (TPSA) is 9.23 Å². The fourth-order valence-electron chi connectivity index (χ4n) is 5.57. The lowest BCUT2D eigenvalue weighted by molar-refractivity contribution is 0.406. The molecular weight excluding hydrogens is 643 g/mol. The molecule has 3 heteroatoms. The first-order valence-corrected chi connectivity index (χ1v) is 19.6. The minimum atomic E-state index is -0.0683. The van der Waals surface area contributed by atoms with Crippen LogP contribution in [0.1, 0.15) is 203 Å². The molecule has 1 nitrogen and oxygen atoms in total. The van der Waals surface area contributed by atoms with Gasteiger partial charge in [0, 0.05) is 0 Å². The van der Waals surface area contributed by atoms with Gasteiger partial charge in [0.2, 0.25) is 0 Å². The van der Waals surface area contributed by atoms with E-state index >= 15 is 0 Å². The Labute approximate surface area is 318 Å². The van der Waals surface area contributed by atoms with Crippen LogP contribution in [-0.2, 0) is 0 Å². The van der Waals surface area contributed by atoms with Gasteiger partial charge in [0.25, 0.3) is 0 Å². The molecule has 0 aliphatic carbocycles. The molecular formula is C49H72F2O. The lowest BCUT2D eigenvalue weighted by atomic mass is 9.96. The van der Waals surface area contributed by atoms with Crippen molar-refractivity contribution in [2.75, 3.05) is 7.11 Å². The summed E-state index contributed by atoms with van der Waals surface area (Å²) < 4.78 is 32.3. The van der Waals surface area contributed by atoms with E-state index in [1.807, 2.05) is 52.0 Å². The second kappa shape index (κ2) is 22.6. The zero-order valence-corrected chi connectivity index (χ0v) is 35.8. The maximum absolute atomic E-state index is 13.5. The second-order valence-electron chi connectivity index (χ2n) is 16.5. The maximum Gasteiger partial charge on any atom is 0.126 e. The summed E-state index contributed by atoms with van der Waals surface area (Å²) in [6.07, 6.45) is 0. The van der Waals surface area contributed by atoms with Crippen molar-refractivity contribution in [1.29, 1.82) is 0 Å². The van der Waals surface area contributed by atoms with Crippen LogP contribution in [-0.4, -0.2) is 7.11 Å². The molecule has 4 rings (SSSR count). The Morgan fingerprint density at radius 3 is 0.808 bits per heavy atom. The molecule has 0 fully saturated rings. The first kappa shape index (κ1) is 46.6. The Balaban J connectivity index is 0.000000347. The fraction of sp³-hybridized carbons (Fsp3) is 0.510. The zero-order valence-electron chi connectivity index (χ0n) is 35.8. The fourth-order valence-corrected chi connectivity index (χ4v) is 5.57. The van der Waals surface area contributed by atoms with Gasteiger partial charge in [-0.2, -0.15) is 0 Å². The molecule has 288 valence electrons. The van der Waals surface area contributed by atoms with Crippen LogP contribution in [0.5, 0.6) is 5.75 Å². The van der Waals surface area contributed by atoms with E-state index in [1.165, 1.54) is 22.3 Å². The molecule has 0 bridgehead atoms. The van der Waals surface area contributed by atoms with Gasteiger partial charge in [-0.05, 0) is 110 Å². The van der Waals surface area contributed by atoms with Crippen LogP contribution in [0.15, 0.2) is 78.9 Å². The van der Waals surface area contributed by atoms with E-state index in [0.29, 0.717) is 35.5 Å². The molecule has 0 aliphatic heterocycles. The quantitative estimate of drug-likeness (QED) is 0.168. The molecule has 0 saturated heterocycles. The number of benzene rings is 4. The van der Waals surface area contributed by atoms with E-state index in [9.17, 15) is 8.78 Å². The van der Waals surface area contributed by atoms with Gasteiger partial charge < -0.3 is 4.74 Å². The van der Waals surface area contributed by atoms with Gasteiger partial charge >= 0.3 is 0 Å². The summed E-state index contributed by atoms with van der Waals surface area (Å²) in [5.74, 6) is 4.58. The number of hydrogen-bond acceptors (Lipinski definition) is 1. The lowest BCUT2D eigenvalue weighted by Gasteiger charge is -2.14. The number of ether oxygens (including phenoxy) is 1. The van der Waals surface area contributed by atoms with Gasteiger partial charge in [-0.3, -0.25) is 0 Å². The summed E-state index contributed by atoms with van der Waals surface area (Å²) in [5.41, 5.74) is 9.25. The molecule has 52 heavy (non-hydrogen) atoms. The SMILES string of the molecule is CC(C)c1ccc(C(C)C)c(F)c1.CC(C)c1ccc(C(C)C)c(F)c1.CC(C)c1ccc(C(C)C)cc1.COc1cc(C(C)C)ccc1C(C)C. The average molecular weight is 715 g/mol. The summed E-state index contributed by atoms with van der Waals surface area (Å²) in [6.45, 7) is 34.0. The third-order valence-corrected chi connectivity index (χ3v) is 9.44. The Morgan fingerprint density at radius 2 is 0.577 bits per heavy atom. The molecule has 0 aromatic heterocycles. The van der Waals surface area contributed by atoms with Crippen LogP contribution in [0.2, 0.25) is 0 Å². The molecule has 0 saturated carbocycles. The molecule has 4 aromatic rings. The van der Waals surface area contributed by atoms with Crippen LogP contribution in [0, 0.1) is 11.6 Å². The largest absolute Gasteiger partial charge is 0.496 e. The number of halogens is 2. The van der Waals surface area contributed by atoms with Crippen LogP contribution in [0.3, 0.4) is 0 Å². The van der Waals surface area contributed by atoms with Gasteiger partial charge in [-0.1, -0.05) is 171 Å². The van der Waals surface area contributed by atoms with E-state index in [4.69, 9.17) is 4.74 Å². The number of methoxy groups -OCH3 is 1. The number of hydrogen-bond donors (Lipinski definition) is 0. The van der Waals surface area contributed by atoms with Crippen molar-refractivity contribution in [3.05, 3.63) is 135 Å². The lowest BCUT2D eigenvalue weighted by Crippen LogP contribution is -1.96. The molecule has 0 unspecified atom stereocenters. The van der Waals surface area contributed by atoms with Crippen molar-refractivity contribution in [3.8, 4) is 5.75 Å². The highest BCUT2D eigenvalue weighted by atomic mass is 19.1. The highest BCUT2D eigenvalue weighted by Crippen LogP contribution is 2.30. The minimum absolute atomic E-state index is 0.0683. The van der Waals surface area contributed by atoms with E-state index in [-0.39, 0.29) is 23.5 Å². The summed E-state index contributed by atoms with van der Waals surface area (Å²) in [7, 11) is 1.74. The van der Waals surface area contributed by atoms with E-state index in [0.717, 1.165) is 28.0 Å². The van der Waals surface area contributed by atoms with Crippen molar-refractivity contribution in [1.82, 2.24) is 0 Å². The monoisotopic (exact) mass is 715 g/mol. The van der Waals surface area contributed by atoms with Gasteiger partial charge in [0.15, 0.2) is 0 Å². The van der Waals surface area contributed by atoms with Gasteiger partial charge in [0.1, 0.15) is 17.4 Å². The molecule has 0 radical (unpaired) electrons. The first-order chi connectivity index (χ1) is 24.2. The Hall–Kier alpha value is -3.46. The summed E-state index contributed by atoms with van der Waals surface area (Å²) >= 11 is 0. The highest BCUT2D eigenvalue weighted by Gasteiger charge is 2.11. The smallest absolute Gasteiger partial charge is 0.126 e. The predicted molar refractivity (Wildman–Crippen MR) is 225 cm³/mol. The molecule has 0 heterocycles. The van der Waals surface area contributed by atoms with Crippen molar-refractivity contribution in [2.45, 2.75) is 158 Å². The van der Waals surface area contributed by atoms with E-state index in [2.05, 4.69) is 126 Å². The van der Waals surface area contributed by atoms with Gasteiger partial charge in [-0.15, -0.1) is 0 Å². The second-order valence-corrected chi connectivity index (χ2v) is 16.5. The highest BCUT2D eigenvalue weighted by molar-refractivity contribution is 5.40. The van der Waals surface area contributed by atoms with Gasteiger partial charge in [-0.25, -0.2) is 8.78 Å². The average Bonchev–Trinajstić information content (AvgIpc) is 3.08. The summed E-state index contributed by atoms with van der Waals surface area (Å²) in [4.78, 5) is 0. The van der Waals surface area contributed by atoms with Crippen LogP contribution >= 0.6 is 0 Å². The van der Waals surface area contributed by atoms with Crippen molar-refractivity contribution in [3.63, 3.8) is 0 Å². The standard InChI is InChI=1S/C13H20O.2C12H17F.C12H18/c1-9(2)11-6-7-12(10(3)4)13(8-11)14-5;2*1-8(2)10-5-6-11(9(3)4)12(13)7-10;1-9(2)11-5-7-12(8-6-11)10(3)4/h6-10H,1-5H3;2*5-9H,1-4H3;5-10H,1-4H3. The van der Waals surface area contributed by atoms with Crippen LogP contribution in [0.4, 0.5) is 8.78 Å². The van der Waals surface area contributed by atoms with Gasteiger partial charge in [0.05, 0.1) is 7.11 Å².